The van der Waals surface area contributed by atoms with Crippen LogP contribution in [0.25, 0.3) is 11.1 Å². The number of nitrogens with two attached hydrogens (primary N) is 1. The van der Waals surface area contributed by atoms with Gasteiger partial charge in [0.15, 0.2) is 0 Å². The average Bonchev–Trinajstić information content (AvgIpc) is 2.40. The van der Waals surface area contributed by atoms with Crippen LogP contribution < -0.4 is 5.73 Å². The molecular formula is C16H18BrN. The Morgan fingerprint density at radius 1 is 0.944 bits per heavy atom. The summed E-state index contributed by atoms with van der Waals surface area (Å²) in [5.41, 5.74) is 9.46. The number of hydrogen-bond acceptors (Lipinski definition) is 1. The summed E-state index contributed by atoms with van der Waals surface area (Å²) >= 11 is 3.45. The Balaban J connectivity index is 2.19. The highest BCUT2D eigenvalue weighted by Gasteiger charge is 2.04. The number of rotatable bonds is 4. The van der Waals surface area contributed by atoms with E-state index in [0.717, 1.165) is 17.4 Å². The molecule has 0 aliphatic heterocycles. The fourth-order valence-corrected chi connectivity index (χ4v) is 2.33. The standard InChI is InChI=1S/C16H18BrN/c1-12(10-11-18)13-2-4-14(5-3-13)15-6-8-16(17)9-7-15/h2-9,12H,10-11,18H2,1H3. The van der Waals surface area contributed by atoms with Crippen molar-refractivity contribution in [2.75, 3.05) is 6.54 Å². The third-order valence-electron chi connectivity index (χ3n) is 3.26. The fourth-order valence-electron chi connectivity index (χ4n) is 2.06. The van der Waals surface area contributed by atoms with Crippen LogP contribution in [-0.2, 0) is 0 Å². The van der Waals surface area contributed by atoms with Crippen LogP contribution in [0.3, 0.4) is 0 Å². The minimum atomic E-state index is 0.536. The quantitative estimate of drug-likeness (QED) is 0.880. The van der Waals surface area contributed by atoms with Gasteiger partial charge in [0.1, 0.15) is 0 Å². The van der Waals surface area contributed by atoms with E-state index >= 15 is 0 Å². The number of halogens is 1. The first-order chi connectivity index (χ1) is 8.70. The maximum atomic E-state index is 5.60. The highest BCUT2D eigenvalue weighted by molar-refractivity contribution is 9.10. The minimum absolute atomic E-state index is 0.536. The Hall–Kier alpha value is -1.12. The molecule has 0 bridgehead atoms. The Labute approximate surface area is 117 Å². The molecule has 0 radical (unpaired) electrons. The van der Waals surface area contributed by atoms with Crippen LogP contribution in [-0.4, -0.2) is 6.54 Å². The molecular weight excluding hydrogens is 286 g/mol. The van der Waals surface area contributed by atoms with E-state index in [1.807, 2.05) is 0 Å². The lowest BCUT2D eigenvalue weighted by atomic mass is 9.95. The van der Waals surface area contributed by atoms with Crippen molar-refractivity contribution in [1.82, 2.24) is 0 Å². The van der Waals surface area contributed by atoms with Crippen molar-refractivity contribution in [3.05, 3.63) is 58.6 Å². The summed E-state index contributed by atoms with van der Waals surface area (Å²) in [4.78, 5) is 0. The van der Waals surface area contributed by atoms with E-state index in [-0.39, 0.29) is 0 Å². The van der Waals surface area contributed by atoms with Crippen LogP contribution in [0.5, 0.6) is 0 Å². The topological polar surface area (TPSA) is 26.0 Å². The Morgan fingerprint density at radius 3 is 1.94 bits per heavy atom. The second-order valence-corrected chi connectivity index (χ2v) is 5.52. The van der Waals surface area contributed by atoms with E-state index in [2.05, 4.69) is 71.4 Å². The van der Waals surface area contributed by atoms with Gasteiger partial charge in [0, 0.05) is 4.47 Å². The second kappa shape index (κ2) is 6.17. The molecule has 0 aliphatic carbocycles. The smallest absolute Gasteiger partial charge is 0.0175 e. The first-order valence-electron chi connectivity index (χ1n) is 6.26. The molecule has 2 aromatic carbocycles. The molecule has 0 saturated carbocycles. The van der Waals surface area contributed by atoms with E-state index in [4.69, 9.17) is 5.73 Å². The summed E-state index contributed by atoms with van der Waals surface area (Å²) < 4.78 is 1.11. The lowest BCUT2D eigenvalue weighted by molar-refractivity contribution is 0.690. The minimum Gasteiger partial charge on any atom is -0.330 e. The lowest BCUT2D eigenvalue weighted by Crippen LogP contribution is -2.04. The lowest BCUT2D eigenvalue weighted by Gasteiger charge is -2.11. The van der Waals surface area contributed by atoms with E-state index < -0.39 is 0 Å². The van der Waals surface area contributed by atoms with Gasteiger partial charge < -0.3 is 5.73 Å². The van der Waals surface area contributed by atoms with Crippen molar-refractivity contribution in [3.63, 3.8) is 0 Å². The van der Waals surface area contributed by atoms with Gasteiger partial charge in [-0.15, -0.1) is 0 Å². The Morgan fingerprint density at radius 2 is 1.44 bits per heavy atom. The molecule has 2 N–H and O–H groups in total. The summed E-state index contributed by atoms with van der Waals surface area (Å²) in [5, 5.41) is 0. The zero-order chi connectivity index (χ0) is 13.0. The maximum Gasteiger partial charge on any atom is 0.0175 e. The van der Waals surface area contributed by atoms with Gasteiger partial charge >= 0.3 is 0 Å². The number of benzene rings is 2. The zero-order valence-electron chi connectivity index (χ0n) is 10.6. The predicted octanol–water partition coefficient (Wildman–Crippen LogP) is 4.57. The summed E-state index contributed by atoms with van der Waals surface area (Å²) in [6, 6.07) is 17.2. The molecule has 0 heterocycles. The molecule has 0 spiro atoms. The Bertz CT molecular complexity index is 488. The van der Waals surface area contributed by atoms with Crippen LogP contribution >= 0.6 is 15.9 Å². The highest BCUT2D eigenvalue weighted by atomic mass is 79.9. The van der Waals surface area contributed by atoms with E-state index in [1.165, 1.54) is 16.7 Å². The Kier molecular flexibility index (Phi) is 4.56. The van der Waals surface area contributed by atoms with Crippen LogP contribution in [0.15, 0.2) is 53.0 Å². The molecule has 0 amide bonds. The molecule has 1 unspecified atom stereocenters. The SMILES string of the molecule is CC(CCN)c1ccc(-c2ccc(Br)cc2)cc1. The van der Waals surface area contributed by atoms with E-state index in [9.17, 15) is 0 Å². The molecule has 18 heavy (non-hydrogen) atoms. The van der Waals surface area contributed by atoms with Crippen LogP contribution in [0.1, 0.15) is 24.8 Å². The van der Waals surface area contributed by atoms with Gasteiger partial charge in [-0.05, 0) is 47.7 Å². The van der Waals surface area contributed by atoms with Crippen molar-refractivity contribution < 1.29 is 0 Å². The molecule has 0 aromatic heterocycles. The first-order valence-corrected chi connectivity index (χ1v) is 7.06. The monoisotopic (exact) mass is 303 g/mol. The van der Waals surface area contributed by atoms with Crippen molar-refractivity contribution in [1.29, 1.82) is 0 Å². The first kappa shape index (κ1) is 13.3. The largest absolute Gasteiger partial charge is 0.330 e. The van der Waals surface area contributed by atoms with Crippen molar-refractivity contribution >= 4 is 15.9 Å². The maximum absolute atomic E-state index is 5.60. The van der Waals surface area contributed by atoms with Gasteiger partial charge in [-0.2, -0.15) is 0 Å². The molecule has 1 atom stereocenters. The molecule has 1 nitrogen and oxygen atoms in total. The van der Waals surface area contributed by atoms with Gasteiger partial charge in [-0.3, -0.25) is 0 Å². The zero-order valence-corrected chi connectivity index (χ0v) is 12.2. The van der Waals surface area contributed by atoms with Crippen LogP contribution in [0.2, 0.25) is 0 Å². The normalized spacial score (nSPS) is 12.4. The molecule has 0 fully saturated rings. The number of hydrogen-bond donors (Lipinski definition) is 1. The third kappa shape index (κ3) is 3.21. The average molecular weight is 304 g/mol. The van der Waals surface area contributed by atoms with Gasteiger partial charge in [0.2, 0.25) is 0 Å². The fraction of sp³-hybridized carbons (Fsp3) is 0.250. The summed E-state index contributed by atoms with van der Waals surface area (Å²) in [5.74, 6) is 0.536. The van der Waals surface area contributed by atoms with E-state index in [1.54, 1.807) is 0 Å². The van der Waals surface area contributed by atoms with E-state index in [0.29, 0.717) is 5.92 Å². The molecule has 0 saturated heterocycles. The van der Waals surface area contributed by atoms with Gasteiger partial charge in [0.05, 0.1) is 0 Å². The van der Waals surface area contributed by atoms with Crippen molar-refractivity contribution in [2.24, 2.45) is 5.73 Å². The molecule has 0 aliphatic rings. The highest BCUT2D eigenvalue weighted by Crippen LogP contribution is 2.25. The van der Waals surface area contributed by atoms with Gasteiger partial charge in [0.25, 0.3) is 0 Å². The van der Waals surface area contributed by atoms with Crippen molar-refractivity contribution in [3.8, 4) is 11.1 Å². The van der Waals surface area contributed by atoms with Gasteiger partial charge in [-0.1, -0.05) is 59.3 Å². The van der Waals surface area contributed by atoms with Crippen LogP contribution in [0.4, 0.5) is 0 Å². The van der Waals surface area contributed by atoms with Gasteiger partial charge in [-0.25, -0.2) is 0 Å². The summed E-state index contributed by atoms with van der Waals surface area (Å²) in [6.45, 7) is 2.97. The summed E-state index contributed by atoms with van der Waals surface area (Å²) in [7, 11) is 0. The third-order valence-corrected chi connectivity index (χ3v) is 3.79. The molecule has 94 valence electrons. The predicted molar refractivity (Wildman–Crippen MR) is 81.7 cm³/mol. The molecule has 2 heteroatoms. The second-order valence-electron chi connectivity index (χ2n) is 4.61. The van der Waals surface area contributed by atoms with Crippen molar-refractivity contribution in [2.45, 2.75) is 19.3 Å². The molecule has 2 rings (SSSR count). The molecule has 2 aromatic rings. The van der Waals surface area contributed by atoms with Crippen LogP contribution in [0, 0.1) is 0 Å². The summed E-state index contributed by atoms with van der Waals surface area (Å²) in [6.07, 6.45) is 1.04.